The summed E-state index contributed by atoms with van der Waals surface area (Å²) in [5.74, 6) is 1.54. The summed E-state index contributed by atoms with van der Waals surface area (Å²) in [7, 11) is 0. The molecule has 0 aliphatic carbocycles. The summed E-state index contributed by atoms with van der Waals surface area (Å²) in [5.41, 5.74) is 3.29. The lowest BCUT2D eigenvalue weighted by Gasteiger charge is -2.13. The molecule has 0 aromatic heterocycles. The molecule has 0 radical (unpaired) electrons. The Morgan fingerprint density at radius 3 is 1.67 bits per heavy atom. The molecular weight excluding hydrogens is 338 g/mol. The van der Waals surface area contributed by atoms with Crippen molar-refractivity contribution in [3.05, 3.63) is 95.6 Å². The summed E-state index contributed by atoms with van der Waals surface area (Å²) in [6.45, 7) is 2.32. The van der Waals surface area contributed by atoms with E-state index < -0.39 is 0 Å². The van der Waals surface area contributed by atoms with Gasteiger partial charge in [-0.3, -0.25) is 0 Å². The molecule has 0 heterocycles. The van der Waals surface area contributed by atoms with Crippen LogP contribution in [0.5, 0.6) is 11.5 Å². The van der Waals surface area contributed by atoms with E-state index in [1.165, 1.54) is 0 Å². The Labute approximate surface area is 160 Å². The normalized spacial score (nSPS) is 10.6. The molecule has 0 aliphatic rings. The van der Waals surface area contributed by atoms with Crippen molar-refractivity contribution in [2.75, 3.05) is 13.2 Å². The first-order valence-electron chi connectivity index (χ1n) is 9.12. The van der Waals surface area contributed by atoms with Gasteiger partial charge in [-0.05, 0) is 28.8 Å². The minimum Gasteiger partial charge on any atom is -0.489 e. The number of ether oxygens (including phenoxy) is 2. The Balaban J connectivity index is 1.69. The summed E-state index contributed by atoms with van der Waals surface area (Å²) in [6, 6.07) is 26.1. The molecule has 0 unspecified atom stereocenters. The predicted octanol–water partition coefficient (Wildman–Crippen LogP) is 3.93. The van der Waals surface area contributed by atoms with Gasteiger partial charge in [0.1, 0.15) is 24.7 Å². The number of rotatable bonds is 10. The molecule has 27 heavy (non-hydrogen) atoms. The highest BCUT2D eigenvalue weighted by Crippen LogP contribution is 2.25. The molecule has 3 rings (SSSR count). The van der Waals surface area contributed by atoms with Gasteiger partial charge in [0.05, 0.1) is 6.61 Å². The summed E-state index contributed by atoms with van der Waals surface area (Å²) >= 11 is 0. The second kappa shape index (κ2) is 10.4. The van der Waals surface area contributed by atoms with Crippen LogP contribution in [-0.2, 0) is 19.8 Å². The molecule has 0 spiro atoms. The van der Waals surface area contributed by atoms with Crippen LogP contribution in [0.25, 0.3) is 0 Å². The fourth-order valence-corrected chi connectivity index (χ4v) is 2.69. The molecule has 0 atom stereocenters. The van der Waals surface area contributed by atoms with E-state index in [0.29, 0.717) is 26.3 Å². The molecule has 0 aliphatic heterocycles. The minimum absolute atomic E-state index is 0.113. The summed E-state index contributed by atoms with van der Waals surface area (Å²) in [6.07, 6.45) is 0. The fraction of sp³-hybridized carbons (Fsp3) is 0.217. The highest BCUT2D eigenvalue weighted by molar-refractivity contribution is 5.39. The van der Waals surface area contributed by atoms with Gasteiger partial charge in [0, 0.05) is 19.2 Å². The Bertz CT molecular complexity index is 745. The van der Waals surface area contributed by atoms with E-state index in [9.17, 15) is 0 Å². The van der Waals surface area contributed by atoms with Crippen LogP contribution in [0, 0.1) is 0 Å². The third-order valence-electron chi connectivity index (χ3n) is 4.05. The average Bonchev–Trinajstić information content (AvgIpc) is 2.72. The van der Waals surface area contributed by atoms with Gasteiger partial charge in [-0.25, -0.2) is 0 Å². The van der Waals surface area contributed by atoms with Crippen LogP contribution in [0.4, 0.5) is 0 Å². The van der Waals surface area contributed by atoms with Gasteiger partial charge in [0.25, 0.3) is 0 Å². The first-order valence-corrected chi connectivity index (χ1v) is 9.12. The molecule has 0 bridgehead atoms. The Morgan fingerprint density at radius 1 is 0.667 bits per heavy atom. The third kappa shape index (κ3) is 6.44. The maximum Gasteiger partial charge on any atom is 0.123 e. The molecule has 3 aromatic rings. The van der Waals surface area contributed by atoms with Gasteiger partial charge in [-0.2, -0.15) is 0 Å². The first kappa shape index (κ1) is 19.0. The zero-order chi connectivity index (χ0) is 18.7. The van der Waals surface area contributed by atoms with Crippen LogP contribution in [0.2, 0.25) is 0 Å². The lowest BCUT2D eigenvalue weighted by atomic mass is 10.2. The summed E-state index contributed by atoms with van der Waals surface area (Å²) in [4.78, 5) is 0. The lowest BCUT2D eigenvalue weighted by molar-refractivity contribution is 0.287. The molecule has 0 saturated heterocycles. The van der Waals surface area contributed by atoms with Crippen molar-refractivity contribution in [3.8, 4) is 11.5 Å². The third-order valence-corrected chi connectivity index (χ3v) is 4.05. The molecule has 4 heteroatoms. The lowest BCUT2D eigenvalue weighted by Crippen LogP contribution is -2.17. The van der Waals surface area contributed by atoms with E-state index in [-0.39, 0.29) is 6.61 Å². The number of hydrogen-bond acceptors (Lipinski definition) is 4. The van der Waals surface area contributed by atoms with Crippen LogP contribution in [0.15, 0.2) is 78.9 Å². The fourth-order valence-electron chi connectivity index (χ4n) is 2.69. The molecule has 0 amide bonds. The van der Waals surface area contributed by atoms with Crippen LogP contribution >= 0.6 is 0 Å². The van der Waals surface area contributed by atoms with Crippen molar-refractivity contribution in [3.63, 3.8) is 0 Å². The van der Waals surface area contributed by atoms with Gasteiger partial charge >= 0.3 is 0 Å². The maximum absolute atomic E-state index is 8.96. The minimum atomic E-state index is 0.113. The van der Waals surface area contributed by atoms with E-state index in [4.69, 9.17) is 14.6 Å². The standard InChI is InChI=1S/C23H25NO3/c25-12-11-24-16-21-13-22(26-17-19-7-3-1-4-8-19)15-23(14-21)27-18-20-9-5-2-6-10-20/h1-10,13-15,24-25H,11-12,16-18H2. The molecule has 140 valence electrons. The van der Waals surface area contributed by atoms with Crippen LogP contribution in [-0.4, -0.2) is 18.3 Å². The maximum atomic E-state index is 8.96. The molecular formula is C23H25NO3. The van der Waals surface area contributed by atoms with E-state index in [2.05, 4.69) is 5.32 Å². The monoisotopic (exact) mass is 363 g/mol. The highest BCUT2D eigenvalue weighted by Gasteiger charge is 2.05. The molecule has 0 fully saturated rings. The van der Waals surface area contributed by atoms with Crippen LogP contribution < -0.4 is 14.8 Å². The van der Waals surface area contributed by atoms with Gasteiger partial charge in [0.15, 0.2) is 0 Å². The summed E-state index contributed by atoms with van der Waals surface area (Å²) < 4.78 is 11.9. The SMILES string of the molecule is OCCNCc1cc(OCc2ccccc2)cc(OCc2ccccc2)c1. The van der Waals surface area contributed by atoms with Crippen molar-refractivity contribution >= 4 is 0 Å². The zero-order valence-electron chi connectivity index (χ0n) is 15.3. The highest BCUT2D eigenvalue weighted by atomic mass is 16.5. The second-order valence-electron chi connectivity index (χ2n) is 6.26. The van der Waals surface area contributed by atoms with Gasteiger partial charge in [-0.15, -0.1) is 0 Å². The van der Waals surface area contributed by atoms with Crippen LogP contribution in [0.1, 0.15) is 16.7 Å². The summed E-state index contributed by atoms with van der Waals surface area (Å²) in [5, 5.41) is 12.2. The Hall–Kier alpha value is -2.82. The average molecular weight is 363 g/mol. The van der Waals surface area contributed by atoms with Crippen molar-refractivity contribution in [2.45, 2.75) is 19.8 Å². The molecule has 3 aromatic carbocycles. The first-order chi connectivity index (χ1) is 13.3. The van der Waals surface area contributed by atoms with Crippen molar-refractivity contribution in [1.29, 1.82) is 0 Å². The Kier molecular flexibility index (Phi) is 7.27. The molecule has 2 N–H and O–H groups in total. The molecule has 4 nitrogen and oxygen atoms in total. The molecule has 0 saturated carbocycles. The van der Waals surface area contributed by atoms with E-state index in [1.807, 2.05) is 78.9 Å². The van der Waals surface area contributed by atoms with E-state index >= 15 is 0 Å². The number of benzene rings is 3. The number of nitrogens with one attached hydrogen (secondary N) is 1. The smallest absolute Gasteiger partial charge is 0.123 e. The topological polar surface area (TPSA) is 50.7 Å². The predicted molar refractivity (Wildman–Crippen MR) is 107 cm³/mol. The van der Waals surface area contributed by atoms with Gasteiger partial charge in [0.2, 0.25) is 0 Å². The van der Waals surface area contributed by atoms with Crippen molar-refractivity contribution in [2.24, 2.45) is 0 Å². The van der Waals surface area contributed by atoms with E-state index in [0.717, 1.165) is 28.2 Å². The number of aliphatic hydroxyl groups is 1. The van der Waals surface area contributed by atoms with E-state index in [1.54, 1.807) is 0 Å². The Morgan fingerprint density at radius 2 is 1.19 bits per heavy atom. The van der Waals surface area contributed by atoms with Crippen LogP contribution in [0.3, 0.4) is 0 Å². The van der Waals surface area contributed by atoms with Crippen molar-refractivity contribution in [1.82, 2.24) is 5.32 Å². The zero-order valence-corrected chi connectivity index (χ0v) is 15.3. The number of aliphatic hydroxyl groups excluding tert-OH is 1. The van der Waals surface area contributed by atoms with Gasteiger partial charge < -0.3 is 19.9 Å². The largest absolute Gasteiger partial charge is 0.489 e. The van der Waals surface area contributed by atoms with Crippen molar-refractivity contribution < 1.29 is 14.6 Å². The van der Waals surface area contributed by atoms with Gasteiger partial charge in [-0.1, -0.05) is 60.7 Å². The number of hydrogen-bond donors (Lipinski definition) is 2. The second-order valence-corrected chi connectivity index (χ2v) is 6.26. The quantitative estimate of drug-likeness (QED) is 0.536.